The fourth-order valence-electron chi connectivity index (χ4n) is 3.12. The number of amides is 2. The van der Waals surface area contributed by atoms with E-state index in [1.54, 1.807) is 4.90 Å². The summed E-state index contributed by atoms with van der Waals surface area (Å²) in [6.07, 6.45) is 7.06. The Kier molecular flexibility index (Phi) is 5.88. The van der Waals surface area contributed by atoms with Crippen molar-refractivity contribution < 1.29 is 14.3 Å². The van der Waals surface area contributed by atoms with E-state index < -0.39 is 0 Å². The summed E-state index contributed by atoms with van der Waals surface area (Å²) in [6.45, 7) is 5.04. The van der Waals surface area contributed by atoms with Crippen molar-refractivity contribution in [3.63, 3.8) is 0 Å². The molecule has 1 N–H and O–H groups in total. The van der Waals surface area contributed by atoms with Gasteiger partial charge in [-0.05, 0) is 31.6 Å². The van der Waals surface area contributed by atoms with Gasteiger partial charge in [0.15, 0.2) is 0 Å². The Bertz CT molecular complexity index is 365. The molecule has 2 fully saturated rings. The second-order valence-electron chi connectivity index (χ2n) is 6.67. The van der Waals surface area contributed by atoms with Gasteiger partial charge in [-0.3, -0.25) is 9.69 Å². The van der Waals surface area contributed by atoms with Gasteiger partial charge in [0, 0.05) is 12.6 Å². The SMILES string of the molecule is CC(C)COC(=O)N1CCCC1C(=O)NC1CCCCC1. The Morgan fingerprint density at radius 2 is 1.86 bits per heavy atom. The number of likely N-dealkylation sites (tertiary alicyclic amines) is 1. The molecule has 5 heteroatoms. The number of hydrogen-bond acceptors (Lipinski definition) is 3. The molecule has 5 nitrogen and oxygen atoms in total. The van der Waals surface area contributed by atoms with Crippen molar-refractivity contribution in [3.05, 3.63) is 0 Å². The van der Waals surface area contributed by atoms with Crippen LogP contribution in [0.3, 0.4) is 0 Å². The quantitative estimate of drug-likeness (QED) is 0.867. The highest BCUT2D eigenvalue weighted by atomic mass is 16.6. The van der Waals surface area contributed by atoms with Crippen LogP contribution in [0, 0.1) is 5.92 Å². The molecule has 1 aliphatic heterocycles. The first kappa shape index (κ1) is 16.1. The highest BCUT2D eigenvalue weighted by Crippen LogP contribution is 2.21. The number of carbonyl (C=O) groups excluding carboxylic acids is 2. The summed E-state index contributed by atoms with van der Waals surface area (Å²) in [5.74, 6) is 0.312. The van der Waals surface area contributed by atoms with Crippen molar-refractivity contribution in [3.8, 4) is 0 Å². The van der Waals surface area contributed by atoms with Gasteiger partial charge in [0.1, 0.15) is 6.04 Å². The fourth-order valence-corrected chi connectivity index (χ4v) is 3.12. The minimum atomic E-state index is -0.343. The van der Waals surface area contributed by atoms with Gasteiger partial charge in [-0.25, -0.2) is 4.79 Å². The van der Waals surface area contributed by atoms with Crippen LogP contribution >= 0.6 is 0 Å². The molecule has 0 spiro atoms. The number of nitrogens with zero attached hydrogens (tertiary/aromatic N) is 1. The molecular weight excluding hydrogens is 268 g/mol. The van der Waals surface area contributed by atoms with Crippen LogP contribution in [0.4, 0.5) is 4.79 Å². The molecule has 1 saturated heterocycles. The van der Waals surface area contributed by atoms with Gasteiger partial charge >= 0.3 is 6.09 Å². The number of hydrogen-bond donors (Lipinski definition) is 1. The van der Waals surface area contributed by atoms with E-state index in [1.807, 2.05) is 13.8 Å². The monoisotopic (exact) mass is 296 g/mol. The average molecular weight is 296 g/mol. The molecule has 1 heterocycles. The van der Waals surface area contributed by atoms with Crippen molar-refractivity contribution >= 4 is 12.0 Å². The summed E-state index contributed by atoms with van der Waals surface area (Å²) in [5, 5.41) is 3.12. The number of nitrogens with one attached hydrogen (secondary N) is 1. The Hall–Kier alpha value is -1.26. The van der Waals surface area contributed by atoms with E-state index >= 15 is 0 Å². The molecule has 120 valence electrons. The second kappa shape index (κ2) is 7.66. The van der Waals surface area contributed by atoms with E-state index in [1.165, 1.54) is 19.3 Å². The third-order valence-corrected chi connectivity index (χ3v) is 4.28. The summed E-state index contributed by atoms with van der Waals surface area (Å²) in [6, 6.07) is -0.0491. The first-order chi connectivity index (χ1) is 10.1. The lowest BCUT2D eigenvalue weighted by Crippen LogP contribution is -2.49. The van der Waals surface area contributed by atoms with Crippen LogP contribution in [0.5, 0.6) is 0 Å². The average Bonchev–Trinajstić information content (AvgIpc) is 2.95. The van der Waals surface area contributed by atoms with Crippen molar-refractivity contribution in [1.29, 1.82) is 0 Å². The predicted octanol–water partition coefficient (Wildman–Crippen LogP) is 2.69. The molecule has 1 saturated carbocycles. The molecule has 0 aromatic heterocycles. The topological polar surface area (TPSA) is 58.6 Å². The highest BCUT2D eigenvalue weighted by molar-refractivity contribution is 5.86. The summed E-state index contributed by atoms with van der Waals surface area (Å²) < 4.78 is 5.26. The molecule has 0 radical (unpaired) electrons. The fraction of sp³-hybridized carbons (Fsp3) is 0.875. The largest absolute Gasteiger partial charge is 0.449 e. The van der Waals surface area contributed by atoms with E-state index in [9.17, 15) is 9.59 Å². The van der Waals surface area contributed by atoms with E-state index in [0.717, 1.165) is 25.7 Å². The lowest BCUT2D eigenvalue weighted by molar-refractivity contribution is -0.126. The van der Waals surface area contributed by atoms with Gasteiger partial charge in [0.25, 0.3) is 0 Å². The van der Waals surface area contributed by atoms with Crippen LogP contribution in [0.15, 0.2) is 0 Å². The maximum Gasteiger partial charge on any atom is 0.410 e. The predicted molar refractivity (Wildman–Crippen MR) is 80.9 cm³/mol. The molecule has 21 heavy (non-hydrogen) atoms. The molecule has 1 unspecified atom stereocenters. The number of carbonyl (C=O) groups is 2. The molecule has 0 aromatic carbocycles. The summed E-state index contributed by atoms with van der Waals surface area (Å²) in [4.78, 5) is 26.1. The molecule has 2 amide bonds. The lowest BCUT2D eigenvalue weighted by Gasteiger charge is -2.28. The van der Waals surface area contributed by atoms with Crippen LogP contribution in [-0.2, 0) is 9.53 Å². The van der Waals surface area contributed by atoms with Gasteiger partial charge in [0.05, 0.1) is 6.61 Å². The van der Waals surface area contributed by atoms with Crippen LogP contribution in [0.2, 0.25) is 0 Å². The number of rotatable bonds is 4. The maximum atomic E-state index is 12.4. The Morgan fingerprint density at radius 1 is 1.14 bits per heavy atom. The van der Waals surface area contributed by atoms with Gasteiger partial charge in [-0.2, -0.15) is 0 Å². The van der Waals surface area contributed by atoms with Gasteiger partial charge in [0.2, 0.25) is 5.91 Å². The minimum Gasteiger partial charge on any atom is -0.449 e. The summed E-state index contributed by atoms with van der Waals surface area (Å²) in [7, 11) is 0. The van der Waals surface area contributed by atoms with E-state index in [-0.39, 0.29) is 18.0 Å². The Morgan fingerprint density at radius 3 is 2.52 bits per heavy atom. The molecule has 1 aliphatic carbocycles. The summed E-state index contributed by atoms with van der Waals surface area (Å²) in [5.41, 5.74) is 0. The summed E-state index contributed by atoms with van der Waals surface area (Å²) >= 11 is 0. The first-order valence-electron chi connectivity index (χ1n) is 8.31. The van der Waals surface area contributed by atoms with Gasteiger partial charge in [-0.15, -0.1) is 0 Å². The van der Waals surface area contributed by atoms with E-state index in [2.05, 4.69) is 5.32 Å². The van der Waals surface area contributed by atoms with Crippen LogP contribution in [0.25, 0.3) is 0 Å². The molecule has 0 aromatic rings. The molecule has 2 rings (SSSR count). The zero-order valence-electron chi connectivity index (χ0n) is 13.3. The van der Waals surface area contributed by atoms with Gasteiger partial charge in [-0.1, -0.05) is 33.1 Å². The number of ether oxygens (including phenoxy) is 1. The third-order valence-electron chi connectivity index (χ3n) is 4.28. The Balaban J connectivity index is 1.85. The molecule has 2 aliphatic rings. The van der Waals surface area contributed by atoms with Gasteiger partial charge < -0.3 is 10.1 Å². The standard InChI is InChI=1S/C16H28N2O3/c1-12(2)11-21-16(20)18-10-6-9-14(18)15(19)17-13-7-4-3-5-8-13/h12-14H,3-11H2,1-2H3,(H,17,19). The van der Waals surface area contributed by atoms with Crippen molar-refractivity contribution in [2.75, 3.05) is 13.2 Å². The van der Waals surface area contributed by atoms with Crippen molar-refractivity contribution in [2.45, 2.75) is 70.9 Å². The lowest BCUT2D eigenvalue weighted by atomic mass is 9.95. The van der Waals surface area contributed by atoms with Crippen molar-refractivity contribution in [1.82, 2.24) is 10.2 Å². The van der Waals surface area contributed by atoms with E-state index in [4.69, 9.17) is 4.74 Å². The molecular formula is C16H28N2O3. The third kappa shape index (κ3) is 4.61. The first-order valence-corrected chi connectivity index (χ1v) is 8.31. The normalized spacial score (nSPS) is 23.4. The zero-order chi connectivity index (χ0) is 15.2. The Labute approximate surface area is 127 Å². The zero-order valence-corrected chi connectivity index (χ0v) is 13.3. The van der Waals surface area contributed by atoms with Crippen LogP contribution < -0.4 is 5.32 Å². The molecule has 0 bridgehead atoms. The minimum absolute atomic E-state index is 0.000830. The van der Waals surface area contributed by atoms with Crippen LogP contribution in [0.1, 0.15) is 58.8 Å². The maximum absolute atomic E-state index is 12.4. The highest BCUT2D eigenvalue weighted by Gasteiger charge is 2.35. The smallest absolute Gasteiger partial charge is 0.410 e. The second-order valence-corrected chi connectivity index (χ2v) is 6.67. The van der Waals surface area contributed by atoms with Crippen molar-refractivity contribution in [2.24, 2.45) is 5.92 Å². The molecule has 1 atom stereocenters. The van der Waals surface area contributed by atoms with E-state index in [0.29, 0.717) is 25.1 Å². The van der Waals surface area contributed by atoms with Crippen LogP contribution in [-0.4, -0.2) is 42.1 Å².